The van der Waals surface area contributed by atoms with Gasteiger partial charge in [-0.25, -0.2) is 8.42 Å². The molecular weight excluding hydrogens is 410 g/mol. The van der Waals surface area contributed by atoms with Gasteiger partial charge in [0, 0.05) is 42.3 Å². The molecule has 1 aliphatic rings. The number of thiol groups is 1. The average Bonchev–Trinajstić information content (AvgIpc) is 2.93. The second kappa shape index (κ2) is 8.87. The van der Waals surface area contributed by atoms with Crippen LogP contribution in [0.5, 0.6) is 0 Å². The van der Waals surface area contributed by atoms with E-state index in [0.29, 0.717) is 54.3 Å². The third-order valence-corrected chi connectivity index (χ3v) is 5.64. The SMILES string of the molecule is CS(=O)(=O)Nc1ccc(C(=O)N2CCCN(C(=O)c3ccccc3S)CC2)cc1. The summed E-state index contributed by atoms with van der Waals surface area (Å²) in [6.45, 7) is 2.00. The maximum Gasteiger partial charge on any atom is 0.255 e. The minimum absolute atomic E-state index is 0.0823. The predicted molar refractivity (Wildman–Crippen MR) is 115 cm³/mol. The Labute approximate surface area is 176 Å². The molecule has 7 nitrogen and oxygen atoms in total. The van der Waals surface area contributed by atoms with E-state index in [2.05, 4.69) is 17.4 Å². The summed E-state index contributed by atoms with van der Waals surface area (Å²) >= 11 is 4.36. The predicted octanol–water partition coefficient (Wildman–Crippen LogP) is 2.34. The van der Waals surface area contributed by atoms with Crippen LogP contribution in [0.2, 0.25) is 0 Å². The molecule has 1 aliphatic heterocycles. The summed E-state index contributed by atoms with van der Waals surface area (Å²) in [5.41, 5.74) is 1.44. The number of nitrogens with zero attached hydrogens (tertiary/aromatic N) is 2. The van der Waals surface area contributed by atoms with E-state index in [-0.39, 0.29) is 11.8 Å². The maximum absolute atomic E-state index is 12.8. The Morgan fingerprint density at radius 2 is 1.48 bits per heavy atom. The van der Waals surface area contributed by atoms with Gasteiger partial charge in [-0.2, -0.15) is 0 Å². The van der Waals surface area contributed by atoms with Gasteiger partial charge in [0.1, 0.15) is 0 Å². The van der Waals surface area contributed by atoms with Gasteiger partial charge in [0.05, 0.1) is 11.8 Å². The first-order valence-corrected chi connectivity index (χ1v) is 11.5. The van der Waals surface area contributed by atoms with Crippen LogP contribution in [0.4, 0.5) is 5.69 Å². The van der Waals surface area contributed by atoms with Crippen molar-refractivity contribution in [1.29, 1.82) is 0 Å². The summed E-state index contributed by atoms with van der Waals surface area (Å²) in [6, 6.07) is 13.5. The highest BCUT2D eigenvalue weighted by Gasteiger charge is 2.24. The fourth-order valence-corrected chi connectivity index (χ4v) is 4.05. The van der Waals surface area contributed by atoms with Crippen LogP contribution < -0.4 is 4.72 Å². The number of anilines is 1. The lowest BCUT2D eigenvalue weighted by Gasteiger charge is -2.23. The summed E-state index contributed by atoms with van der Waals surface area (Å²) in [5, 5.41) is 0. The zero-order valence-corrected chi connectivity index (χ0v) is 17.7. The van der Waals surface area contributed by atoms with Crippen LogP contribution >= 0.6 is 12.6 Å². The van der Waals surface area contributed by atoms with Crippen LogP contribution in [-0.2, 0) is 10.0 Å². The second-order valence-corrected chi connectivity index (χ2v) is 9.14. The van der Waals surface area contributed by atoms with Gasteiger partial charge in [-0.15, -0.1) is 12.6 Å². The van der Waals surface area contributed by atoms with Crippen LogP contribution in [0.1, 0.15) is 27.1 Å². The van der Waals surface area contributed by atoms with E-state index in [4.69, 9.17) is 0 Å². The number of nitrogens with one attached hydrogen (secondary N) is 1. The molecule has 2 amide bonds. The largest absolute Gasteiger partial charge is 0.337 e. The highest BCUT2D eigenvalue weighted by molar-refractivity contribution is 7.92. The Kier molecular flexibility index (Phi) is 6.49. The van der Waals surface area contributed by atoms with Crippen molar-refractivity contribution < 1.29 is 18.0 Å². The molecule has 0 aromatic heterocycles. The molecule has 0 saturated carbocycles. The number of sulfonamides is 1. The molecule has 2 aromatic rings. The van der Waals surface area contributed by atoms with E-state index < -0.39 is 10.0 Å². The fourth-order valence-electron chi connectivity index (χ4n) is 3.23. The Morgan fingerprint density at radius 3 is 2.07 bits per heavy atom. The van der Waals surface area contributed by atoms with Crippen LogP contribution in [-0.4, -0.2) is 62.5 Å². The Bertz CT molecular complexity index is 1010. The topological polar surface area (TPSA) is 86.8 Å². The van der Waals surface area contributed by atoms with Gasteiger partial charge < -0.3 is 9.80 Å². The summed E-state index contributed by atoms with van der Waals surface area (Å²) in [7, 11) is -3.36. The summed E-state index contributed by atoms with van der Waals surface area (Å²) in [6.07, 6.45) is 1.75. The van der Waals surface area contributed by atoms with Crippen molar-refractivity contribution in [2.45, 2.75) is 11.3 Å². The molecule has 1 fully saturated rings. The van der Waals surface area contributed by atoms with Crippen molar-refractivity contribution in [2.24, 2.45) is 0 Å². The third-order valence-electron chi connectivity index (χ3n) is 4.64. The van der Waals surface area contributed by atoms with E-state index >= 15 is 0 Å². The molecule has 29 heavy (non-hydrogen) atoms. The lowest BCUT2D eigenvalue weighted by atomic mass is 10.2. The number of hydrogen-bond donors (Lipinski definition) is 2. The first kappa shape index (κ1) is 21.2. The van der Waals surface area contributed by atoms with E-state index in [1.165, 1.54) is 0 Å². The zero-order chi connectivity index (χ0) is 21.0. The van der Waals surface area contributed by atoms with Gasteiger partial charge >= 0.3 is 0 Å². The summed E-state index contributed by atoms with van der Waals surface area (Å²) < 4.78 is 25.0. The van der Waals surface area contributed by atoms with Crippen molar-refractivity contribution in [3.05, 3.63) is 59.7 Å². The maximum atomic E-state index is 12.8. The molecule has 0 radical (unpaired) electrons. The number of carbonyl (C=O) groups excluding carboxylic acids is 2. The standard InChI is InChI=1S/C20H23N3O4S2/c1-29(26,27)21-16-9-7-15(8-10-16)19(24)22-11-4-12-23(14-13-22)20(25)17-5-2-3-6-18(17)28/h2-3,5-10,21,28H,4,11-14H2,1H3. The summed E-state index contributed by atoms with van der Waals surface area (Å²) in [4.78, 5) is 29.7. The molecule has 1 N–H and O–H groups in total. The van der Waals surface area contributed by atoms with Gasteiger partial charge in [-0.1, -0.05) is 12.1 Å². The van der Waals surface area contributed by atoms with Crippen molar-refractivity contribution in [3.8, 4) is 0 Å². The minimum atomic E-state index is -3.36. The van der Waals surface area contributed by atoms with Crippen LogP contribution in [0, 0.1) is 0 Å². The van der Waals surface area contributed by atoms with Crippen LogP contribution in [0.15, 0.2) is 53.4 Å². The molecule has 154 valence electrons. The highest BCUT2D eigenvalue weighted by atomic mass is 32.2. The fraction of sp³-hybridized carbons (Fsp3) is 0.300. The molecule has 1 heterocycles. The number of carbonyl (C=O) groups is 2. The molecule has 0 unspecified atom stereocenters. The Hall–Kier alpha value is -2.52. The van der Waals surface area contributed by atoms with Crippen molar-refractivity contribution in [2.75, 3.05) is 37.2 Å². The van der Waals surface area contributed by atoms with E-state index in [0.717, 1.165) is 6.26 Å². The molecule has 0 aliphatic carbocycles. The smallest absolute Gasteiger partial charge is 0.255 e. The molecule has 9 heteroatoms. The van der Waals surface area contributed by atoms with Gasteiger partial charge in [-0.05, 0) is 42.8 Å². The molecule has 0 spiro atoms. The molecular formula is C20H23N3O4S2. The number of amides is 2. The summed E-state index contributed by atoms with van der Waals surface area (Å²) in [5.74, 6) is -0.221. The number of benzene rings is 2. The average molecular weight is 434 g/mol. The Balaban J connectivity index is 1.65. The van der Waals surface area contributed by atoms with Crippen LogP contribution in [0.3, 0.4) is 0 Å². The first-order chi connectivity index (χ1) is 13.7. The van der Waals surface area contributed by atoms with Gasteiger partial charge in [-0.3, -0.25) is 14.3 Å². The molecule has 2 aromatic carbocycles. The Morgan fingerprint density at radius 1 is 0.897 bits per heavy atom. The van der Waals surface area contributed by atoms with E-state index in [1.54, 1.807) is 46.2 Å². The van der Waals surface area contributed by atoms with Crippen molar-refractivity contribution in [3.63, 3.8) is 0 Å². The lowest BCUT2D eigenvalue weighted by molar-refractivity contribution is 0.0717. The van der Waals surface area contributed by atoms with Crippen molar-refractivity contribution >= 4 is 40.2 Å². The molecule has 3 rings (SSSR count). The van der Waals surface area contributed by atoms with Crippen molar-refractivity contribution in [1.82, 2.24) is 9.80 Å². The minimum Gasteiger partial charge on any atom is -0.337 e. The van der Waals surface area contributed by atoms with Gasteiger partial charge in [0.25, 0.3) is 11.8 Å². The molecule has 0 bridgehead atoms. The number of hydrogen-bond acceptors (Lipinski definition) is 5. The van der Waals surface area contributed by atoms with Gasteiger partial charge in [0.2, 0.25) is 10.0 Å². The molecule has 1 saturated heterocycles. The first-order valence-electron chi connectivity index (χ1n) is 9.19. The quantitative estimate of drug-likeness (QED) is 0.725. The third kappa shape index (κ3) is 5.51. The van der Waals surface area contributed by atoms with Crippen LogP contribution in [0.25, 0.3) is 0 Å². The normalized spacial score (nSPS) is 15.0. The van der Waals surface area contributed by atoms with E-state index in [1.807, 2.05) is 12.1 Å². The lowest BCUT2D eigenvalue weighted by Crippen LogP contribution is -2.37. The van der Waals surface area contributed by atoms with Gasteiger partial charge in [0.15, 0.2) is 0 Å². The number of rotatable bonds is 4. The zero-order valence-electron chi connectivity index (χ0n) is 16.0. The highest BCUT2D eigenvalue weighted by Crippen LogP contribution is 2.18. The van der Waals surface area contributed by atoms with E-state index in [9.17, 15) is 18.0 Å². The molecule has 0 atom stereocenters. The monoisotopic (exact) mass is 433 g/mol. The second-order valence-electron chi connectivity index (χ2n) is 6.91.